The van der Waals surface area contributed by atoms with Crippen molar-refractivity contribution in [3.63, 3.8) is 0 Å². The van der Waals surface area contributed by atoms with E-state index in [-0.39, 0.29) is 0 Å². The number of rotatable bonds is 14. The van der Waals surface area contributed by atoms with Crippen molar-refractivity contribution in [1.29, 1.82) is 0 Å². The molecule has 0 aromatic carbocycles. The number of hydrogen-bond acceptors (Lipinski definition) is 0. The Hall–Kier alpha value is 0.532. The summed E-state index contributed by atoms with van der Waals surface area (Å²) in [5, 5.41) is 1.29. The molecule has 98 valence electrons. The molecule has 0 atom stereocenters. The first-order valence-electron chi connectivity index (χ1n) is 8.12. The van der Waals surface area contributed by atoms with Crippen molar-refractivity contribution < 1.29 is 0 Å². The summed E-state index contributed by atoms with van der Waals surface area (Å²) in [6.07, 6.45) is 20.4. The van der Waals surface area contributed by atoms with Crippen LogP contribution in [0.25, 0.3) is 0 Å². The van der Waals surface area contributed by atoms with Crippen LogP contribution in [-0.2, 0) is 0 Å². The Morgan fingerprint density at radius 2 is 0.765 bits per heavy atom. The molecule has 0 N–H and O–H groups in total. The predicted molar refractivity (Wildman–Crippen MR) is 80.9 cm³/mol. The molecule has 0 bridgehead atoms. The van der Waals surface area contributed by atoms with Gasteiger partial charge in [0.15, 0.2) is 0 Å². The van der Waals surface area contributed by atoms with E-state index in [2.05, 4.69) is 23.2 Å². The van der Waals surface area contributed by atoms with Crippen molar-refractivity contribution in [2.75, 3.05) is 0 Å². The van der Waals surface area contributed by atoms with E-state index in [0.717, 1.165) is 0 Å². The first-order valence-corrected chi connectivity index (χ1v) is 8.93. The zero-order valence-corrected chi connectivity index (χ0v) is 13.3. The second-order valence-corrected chi connectivity index (χ2v) is 5.96. The van der Waals surface area contributed by atoms with E-state index < -0.39 is 0 Å². The number of unbranched alkanes of at least 4 members (excludes halogenated alkanes) is 13. The van der Waals surface area contributed by atoms with E-state index in [4.69, 9.17) is 0 Å². The Morgan fingerprint density at radius 3 is 1.06 bits per heavy atom. The minimum atomic E-state index is 1.29. The van der Waals surface area contributed by atoms with E-state index in [1.807, 2.05) is 0 Å². The summed E-state index contributed by atoms with van der Waals surface area (Å²) in [6.45, 7) is 2.29. The third-order valence-corrected chi connectivity index (χ3v) is 3.97. The van der Waals surface area contributed by atoms with Crippen LogP contribution in [0, 0.1) is 0 Å². The van der Waals surface area contributed by atoms with E-state index in [0.29, 0.717) is 0 Å². The molecular formula is C16H33Al+2. The van der Waals surface area contributed by atoms with Gasteiger partial charge in [-0.25, -0.2) is 0 Å². The fourth-order valence-electron chi connectivity index (χ4n) is 2.34. The Labute approximate surface area is 118 Å². The Balaban J connectivity index is 2.85. The topological polar surface area (TPSA) is 0 Å². The van der Waals surface area contributed by atoms with Crippen molar-refractivity contribution in [1.82, 2.24) is 0 Å². The molecule has 0 aliphatic carbocycles. The zero-order chi connectivity index (χ0) is 12.6. The zero-order valence-electron chi connectivity index (χ0n) is 12.2. The summed E-state index contributed by atoms with van der Waals surface area (Å²) in [5.74, 6) is 0. The predicted octanol–water partition coefficient (Wildman–Crippen LogP) is 6.05. The van der Waals surface area contributed by atoms with Crippen molar-refractivity contribution in [2.45, 2.75) is 102 Å². The van der Waals surface area contributed by atoms with Crippen molar-refractivity contribution in [2.24, 2.45) is 0 Å². The van der Waals surface area contributed by atoms with Gasteiger partial charge in [-0.2, -0.15) is 0 Å². The fraction of sp³-hybridized carbons (Fsp3) is 1.00. The summed E-state index contributed by atoms with van der Waals surface area (Å²) < 4.78 is 0. The molecule has 1 heteroatoms. The SMILES string of the molecule is CCCCCCCCCCCCCCC[CH2][Al+2]. The summed E-state index contributed by atoms with van der Waals surface area (Å²) in [4.78, 5) is 0. The van der Waals surface area contributed by atoms with Crippen LogP contribution < -0.4 is 0 Å². The van der Waals surface area contributed by atoms with Gasteiger partial charge in [0.2, 0.25) is 0 Å². The van der Waals surface area contributed by atoms with Gasteiger partial charge in [0.1, 0.15) is 0 Å². The molecule has 0 amide bonds. The van der Waals surface area contributed by atoms with Gasteiger partial charge < -0.3 is 0 Å². The average Bonchev–Trinajstić information content (AvgIpc) is 2.35. The van der Waals surface area contributed by atoms with Crippen LogP contribution in [0.2, 0.25) is 5.28 Å². The summed E-state index contributed by atoms with van der Waals surface area (Å²) >= 11 is 2.82. The van der Waals surface area contributed by atoms with Crippen LogP contribution in [0.15, 0.2) is 0 Å². The van der Waals surface area contributed by atoms with Crippen LogP contribution in [0.5, 0.6) is 0 Å². The molecule has 0 spiro atoms. The van der Waals surface area contributed by atoms with Crippen molar-refractivity contribution >= 4 is 16.3 Å². The van der Waals surface area contributed by atoms with Crippen LogP contribution in [-0.4, -0.2) is 16.3 Å². The van der Waals surface area contributed by atoms with Gasteiger partial charge in [0.25, 0.3) is 0 Å². The van der Waals surface area contributed by atoms with Crippen LogP contribution >= 0.6 is 0 Å². The molecule has 0 heterocycles. The molecule has 0 aliphatic heterocycles. The van der Waals surface area contributed by atoms with Gasteiger partial charge in [-0.15, -0.1) is 0 Å². The van der Waals surface area contributed by atoms with E-state index in [1.165, 1.54) is 95.2 Å². The maximum absolute atomic E-state index is 2.82. The quantitative estimate of drug-likeness (QED) is 0.260. The molecule has 0 unspecified atom stereocenters. The van der Waals surface area contributed by atoms with Crippen molar-refractivity contribution in [3.8, 4) is 0 Å². The third-order valence-electron chi connectivity index (χ3n) is 3.56. The van der Waals surface area contributed by atoms with Gasteiger partial charge >= 0.3 is 92.2 Å². The molecule has 0 radical (unpaired) electrons. The first-order chi connectivity index (χ1) is 8.41. The summed E-state index contributed by atoms with van der Waals surface area (Å²) in [7, 11) is 0. The second kappa shape index (κ2) is 16.5. The average molecular weight is 252 g/mol. The standard InChI is InChI=1S/C16H33.Al/c1-3-5-7-9-11-13-15-16-14-12-10-8-6-4-2;/h1,3-16H2,2H3;/q;+2. The fourth-order valence-corrected chi connectivity index (χ4v) is 2.63. The molecule has 0 fully saturated rings. The molecule has 0 aromatic heterocycles. The van der Waals surface area contributed by atoms with Crippen LogP contribution in [0.4, 0.5) is 0 Å². The molecule has 0 saturated carbocycles. The first kappa shape index (κ1) is 17.5. The molecule has 0 nitrogen and oxygen atoms in total. The molecule has 17 heavy (non-hydrogen) atoms. The monoisotopic (exact) mass is 252 g/mol. The molecule has 0 aliphatic rings. The normalized spacial score (nSPS) is 11.0. The van der Waals surface area contributed by atoms with E-state index in [9.17, 15) is 0 Å². The third kappa shape index (κ3) is 16.5. The Morgan fingerprint density at radius 1 is 0.471 bits per heavy atom. The van der Waals surface area contributed by atoms with Crippen LogP contribution in [0.1, 0.15) is 96.8 Å². The Kier molecular flexibility index (Phi) is 17.1. The molecule has 0 aromatic rings. The van der Waals surface area contributed by atoms with Gasteiger partial charge in [0.05, 0.1) is 0 Å². The maximum atomic E-state index is 2.82. The van der Waals surface area contributed by atoms with Crippen molar-refractivity contribution in [3.05, 3.63) is 0 Å². The van der Waals surface area contributed by atoms with E-state index in [1.54, 1.807) is 0 Å². The van der Waals surface area contributed by atoms with Gasteiger partial charge in [-0.3, -0.25) is 0 Å². The van der Waals surface area contributed by atoms with Gasteiger partial charge in [0, 0.05) is 0 Å². The summed E-state index contributed by atoms with van der Waals surface area (Å²) in [6, 6.07) is 0. The molecule has 0 rings (SSSR count). The second-order valence-electron chi connectivity index (χ2n) is 5.38. The molecule has 0 saturated heterocycles. The summed E-state index contributed by atoms with van der Waals surface area (Å²) in [5.41, 5.74) is 0. The van der Waals surface area contributed by atoms with Crippen LogP contribution in [0.3, 0.4) is 0 Å². The van der Waals surface area contributed by atoms with E-state index >= 15 is 0 Å². The Bertz CT molecular complexity index is 109. The van der Waals surface area contributed by atoms with Gasteiger partial charge in [-0.1, -0.05) is 26.2 Å². The number of hydrogen-bond donors (Lipinski definition) is 0. The van der Waals surface area contributed by atoms with Gasteiger partial charge in [-0.05, 0) is 0 Å². The minimum absolute atomic E-state index is 1.29. The molecular weight excluding hydrogens is 219 g/mol.